The first kappa shape index (κ1) is 40.9. The highest BCUT2D eigenvalue weighted by atomic mass is 35.5. The van der Waals surface area contributed by atoms with Gasteiger partial charge >= 0.3 is 17.9 Å². The second-order valence-corrected chi connectivity index (χ2v) is 17.9. The van der Waals surface area contributed by atoms with E-state index in [1.807, 2.05) is 13.8 Å². The molecule has 0 aromatic heterocycles. The Morgan fingerprint density at radius 1 is 0.982 bits per heavy atom. The van der Waals surface area contributed by atoms with E-state index >= 15 is 0 Å². The van der Waals surface area contributed by atoms with Crippen molar-refractivity contribution in [1.29, 1.82) is 0 Å². The molecule has 0 spiro atoms. The molecule has 20 atom stereocenters. The number of hydrogen-bond donors (Lipinski definition) is 6. The van der Waals surface area contributed by atoms with Crippen molar-refractivity contribution < 1.29 is 78.2 Å². The molecule has 2 saturated heterocycles. The van der Waals surface area contributed by atoms with Crippen LogP contribution in [0.3, 0.4) is 0 Å². The standard InChI is InChI=1S/C38H53ClO16/c1-13-7-22(53-34(48)17(13)12-50-35-29(46)28(45)27(44)23(11-40)54-35)14(2)26-21(43)8-18-25-19(9-24(36(18,26)5)51-15(3)41)37(6)32(47)30(52-16(4)42)20(39)10-38(37,49)33-31(25)55-33/h14,18-20,22-33,35,40,44-47,49H,7-12H2,1-6H3/t14-,18+,19+,20+,22-,23-,24+,25+,26+,27-,28+,29-,30+,31+,32+,33+,35-,36-,37+,38+/m1/s1. The van der Waals surface area contributed by atoms with Gasteiger partial charge < -0.3 is 59.1 Å². The summed E-state index contributed by atoms with van der Waals surface area (Å²) >= 11 is 6.66. The van der Waals surface area contributed by atoms with E-state index in [0.29, 0.717) is 5.57 Å². The van der Waals surface area contributed by atoms with E-state index in [1.54, 1.807) is 13.8 Å². The first-order chi connectivity index (χ1) is 25.7. The number of carbonyl (C=O) groups is 4. The molecular formula is C38H53ClO16. The molecule has 7 rings (SSSR count). The van der Waals surface area contributed by atoms with Crippen LogP contribution < -0.4 is 0 Å². The minimum absolute atomic E-state index is 0.0152. The molecule has 55 heavy (non-hydrogen) atoms. The first-order valence-electron chi connectivity index (χ1n) is 19.1. The highest BCUT2D eigenvalue weighted by Gasteiger charge is 2.81. The summed E-state index contributed by atoms with van der Waals surface area (Å²) in [4.78, 5) is 52.8. The van der Waals surface area contributed by atoms with E-state index in [1.165, 1.54) is 13.8 Å². The Hall–Kier alpha value is -2.25. The Kier molecular flexibility index (Phi) is 10.6. The van der Waals surface area contributed by atoms with Crippen LogP contribution in [0, 0.1) is 40.4 Å². The summed E-state index contributed by atoms with van der Waals surface area (Å²) in [5, 5.41) is 63.6. The van der Waals surface area contributed by atoms with Gasteiger partial charge in [0, 0.05) is 49.4 Å². The van der Waals surface area contributed by atoms with Gasteiger partial charge in [-0.25, -0.2) is 4.79 Å². The summed E-state index contributed by atoms with van der Waals surface area (Å²) in [6, 6.07) is 0. The Balaban J connectivity index is 1.15. The highest BCUT2D eigenvalue weighted by Crippen LogP contribution is 2.73. The van der Waals surface area contributed by atoms with Crippen LogP contribution in [0.5, 0.6) is 0 Å². The number of epoxide rings is 1. The lowest BCUT2D eigenvalue weighted by atomic mass is 9.41. The molecule has 17 heteroatoms. The molecule has 6 fully saturated rings. The second-order valence-electron chi connectivity index (χ2n) is 17.4. The SMILES string of the molecule is CC(=O)O[C@H]1[C@@H](Cl)C[C@]2(O)[C@H]3O[C@H]3[C@H]3[C@@H]4CC(=O)[C@H]([C@H](C)[C@H]5CC(C)=C(CO[C@@H]6O[C@H](CO)[C@@H](O)[C@H](O)[C@H]6O)C(=O)O5)[C@@]4(C)[C@@H](OC(C)=O)C[C@@H]3[C@@]2(C)[C@H]1O. The molecule has 0 aromatic carbocycles. The van der Waals surface area contributed by atoms with Crippen LogP contribution >= 0.6 is 11.6 Å². The van der Waals surface area contributed by atoms with Gasteiger partial charge in [0.1, 0.15) is 66.3 Å². The zero-order chi connectivity index (χ0) is 40.3. The van der Waals surface area contributed by atoms with Crippen molar-refractivity contribution in [3.05, 3.63) is 11.1 Å². The number of Topliss-reactive ketones (excluding diaryl/α,β-unsaturated/α-hetero) is 1. The van der Waals surface area contributed by atoms with Crippen molar-refractivity contribution in [3.63, 3.8) is 0 Å². The van der Waals surface area contributed by atoms with E-state index in [9.17, 15) is 49.8 Å². The molecule has 0 radical (unpaired) electrons. The quantitative estimate of drug-likeness (QED) is 0.0796. The Labute approximate surface area is 323 Å². The first-order valence-corrected chi connectivity index (χ1v) is 19.5. The monoisotopic (exact) mass is 800 g/mol. The fourth-order valence-electron chi connectivity index (χ4n) is 11.8. The van der Waals surface area contributed by atoms with Crippen molar-refractivity contribution >= 4 is 35.3 Å². The van der Waals surface area contributed by atoms with Crippen molar-refractivity contribution in [2.45, 2.75) is 146 Å². The number of halogens is 1. The fourth-order valence-corrected chi connectivity index (χ4v) is 12.2. The third-order valence-corrected chi connectivity index (χ3v) is 15.1. The molecule has 7 aliphatic rings. The normalized spacial score (nSPS) is 50.9. The highest BCUT2D eigenvalue weighted by molar-refractivity contribution is 6.21. The molecular weight excluding hydrogens is 748 g/mol. The van der Waals surface area contributed by atoms with Gasteiger partial charge in [0.25, 0.3) is 0 Å². The molecule has 4 saturated carbocycles. The number of fused-ring (bicyclic) bond motifs is 8. The average molecular weight is 801 g/mol. The predicted octanol–water partition coefficient (Wildman–Crippen LogP) is -0.328. The van der Waals surface area contributed by atoms with Crippen LogP contribution in [0.25, 0.3) is 0 Å². The van der Waals surface area contributed by atoms with Crippen molar-refractivity contribution in [2.75, 3.05) is 13.2 Å². The lowest BCUT2D eigenvalue weighted by molar-refractivity contribution is -0.299. The third-order valence-electron chi connectivity index (χ3n) is 14.7. The fraction of sp³-hybridized carbons (Fsp3) is 0.842. The summed E-state index contributed by atoms with van der Waals surface area (Å²) in [6.07, 6.45) is -12.3. The largest absolute Gasteiger partial charge is 0.462 e. The average Bonchev–Trinajstić information content (AvgIpc) is 3.86. The van der Waals surface area contributed by atoms with Gasteiger partial charge in [-0.05, 0) is 37.5 Å². The summed E-state index contributed by atoms with van der Waals surface area (Å²) in [5.74, 6) is -4.60. The van der Waals surface area contributed by atoms with Gasteiger partial charge in [-0.1, -0.05) is 26.3 Å². The minimum Gasteiger partial charge on any atom is -0.462 e. The van der Waals surface area contributed by atoms with Crippen LogP contribution in [0.2, 0.25) is 0 Å². The van der Waals surface area contributed by atoms with Gasteiger partial charge in [-0.15, -0.1) is 11.6 Å². The Bertz CT molecular complexity index is 1620. The van der Waals surface area contributed by atoms with E-state index < -0.39 is 137 Å². The number of ether oxygens (including phenoxy) is 6. The van der Waals surface area contributed by atoms with Gasteiger partial charge in [0.15, 0.2) is 6.29 Å². The topological polar surface area (TPSA) is 248 Å². The lowest BCUT2D eigenvalue weighted by Crippen LogP contribution is -2.75. The number of esters is 3. The predicted molar refractivity (Wildman–Crippen MR) is 185 cm³/mol. The Morgan fingerprint density at radius 2 is 1.65 bits per heavy atom. The van der Waals surface area contributed by atoms with Crippen LogP contribution in [0.15, 0.2) is 11.1 Å². The van der Waals surface area contributed by atoms with Gasteiger partial charge in [0.2, 0.25) is 0 Å². The molecule has 3 aliphatic heterocycles. The maximum atomic E-state index is 14.4. The number of alkyl halides is 1. The summed E-state index contributed by atoms with van der Waals surface area (Å²) < 4.78 is 34.9. The summed E-state index contributed by atoms with van der Waals surface area (Å²) in [5.41, 5.74) is -3.15. The van der Waals surface area contributed by atoms with Crippen LogP contribution in [0.1, 0.15) is 67.2 Å². The van der Waals surface area contributed by atoms with Gasteiger partial charge in [-0.3, -0.25) is 14.4 Å². The molecule has 0 bridgehead atoms. The smallest absolute Gasteiger partial charge is 0.336 e. The summed E-state index contributed by atoms with van der Waals surface area (Å²) in [6.45, 7) is 8.72. The lowest BCUT2D eigenvalue weighted by Gasteiger charge is -2.65. The Morgan fingerprint density at radius 3 is 2.27 bits per heavy atom. The van der Waals surface area contributed by atoms with Crippen molar-refractivity contribution in [2.24, 2.45) is 40.4 Å². The number of ketones is 1. The van der Waals surface area contributed by atoms with E-state index in [-0.39, 0.29) is 49.6 Å². The van der Waals surface area contributed by atoms with Crippen LogP contribution in [-0.4, -0.2) is 146 Å². The number of aliphatic hydroxyl groups is 6. The van der Waals surface area contributed by atoms with E-state index in [0.717, 1.165) is 0 Å². The number of cyclic esters (lactones) is 1. The molecule has 0 amide bonds. The van der Waals surface area contributed by atoms with Crippen molar-refractivity contribution in [3.8, 4) is 0 Å². The number of rotatable bonds is 8. The number of carbonyl (C=O) groups excluding carboxylic acids is 4. The zero-order valence-electron chi connectivity index (χ0n) is 31.7. The zero-order valence-corrected chi connectivity index (χ0v) is 32.5. The third kappa shape index (κ3) is 6.11. The molecule has 16 nitrogen and oxygen atoms in total. The van der Waals surface area contributed by atoms with Crippen molar-refractivity contribution in [1.82, 2.24) is 0 Å². The minimum atomic E-state index is -1.65. The van der Waals surface area contributed by atoms with Gasteiger partial charge in [-0.2, -0.15) is 0 Å². The maximum Gasteiger partial charge on any atom is 0.336 e. The van der Waals surface area contributed by atoms with Crippen LogP contribution in [-0.2, 0) is 47.6 Å². The second kappa shape index (κ2) is 14.2. The molecule has 308 valence electrons. The number of hydrogen-bond acceptors (Lipinski definition) is 16. The molecule has 4 aliphatic carbocycles. The van der Waals surface area contributed by atoms with Crippen LogP contribution in [0.4, 0.5) is 0 Å². The molecule has 3 heterocycles. The van der Waals surface area contributed by atoms with Gasteiger partial charge in [0.05, 0.1) is 30.3 Å². The molecule has 0 aromatic rings. The molecule has 0 unspecified atom stereocenters. The molecule has 6 N–H and O–H groups in total. The summed E-state index contributed by atoms with van der Waals surface area (Å²) in [7, 11) is 0. The van der Waals surface area contributed by atoms with E-state index in [4.69, 9.17) is 40.0 Å². The number of aliphatic hydroxyl groups excluding tert-OH is 5. The van der Waals surface area contributed by atoms with E-state index in [2.05, 4.69) is 0 Å². The maximum absolute atomic E-state index is 14.4.